The first-order valence-electron chi connectivity index (χ1n) is 11.0. The van der Waals surface area contributed by atoms with Crippen LogP contribution >= 0.6 is 0 Å². The summed E-state index contributed by atoms with van der Waals surface area (Å²) >= 11 is 0. The number of fused-ring (bicyclic) bond motifs is 1. The summed E-state index contributed by atoms with van der Waals surface area (Å²) in [6.45, 7) is 3.76. The van der Waals surface area contributed by atoms with Gasteiger partial charge in [-0.05, 0) is 19.5 Å². The van der Waals surface area contributed by atoms with E-state index in [4.69, 9.17) is 10.5 Å². The third kappa shape index (κ3) is 5.25. The Morgan fingerprint density at radius 2 is 1.94 bits per heavy atom. The van der Waals surface area contributed by atoms with Gasteiger partial charge in [0.1, 0.15) is 30.2 Å². The second-order valence-corrected chi connectivity index (χ2v) is 8.49. The van der Waals surface area contributed by atoms with Crippen LogP contribution in [0, 0.1) is 6.92 Å². The molecule has 0 saturated carbocycles. The molecule has 1 fully saturated rings. The van der Waals surface area contributed by atoms with Crippen LogP contribution in [-0.2, 0) is 11.3 Å². The van der Waals surface area contributed by atoms with Gasteiger partial charge in [-0.25, -0.2) is 19.7 Å². The molecule has 4 rings (SSSR count). The summed E-state index contributed by atoms with van der Waals surface area (Å²) in [7, 11) is 1.85. The van der Waals surface area contributed by atoms with Crippen molar-refractivity contribution in [2.24, 2.45) is 0 Å². The average Bonchev–Trinajstić information content (AvgIpc) is 3.36. The molecule has 0 bridgehead atoms. The van der Waals surface area contributed by atoms with Gasteiger partial charge in [0, 0.05) is 26.2 Å². The zero-order chi connectivity index (χ0) is 24.2. The van der Waals surface area contributed by atoms with E-state index in [-0.39, 0.29) is 11.8 Å². The Balaban J connectivity index is 1.24. The topological polar surface area (TPSA) is 164 Å². The van der Waals surface area contributed by atoms with Crippen LogP contribution in [-0.4, -0.2) is 85.7 Å². The summed E-state index contributed by atoms with van der Waals surface area (Å²) in [6, 6.07) is 7.71. The number of imidazole rings is 1. The van der Waals surface area contributed by atoms with E-state index < -0.39 is 24.5 Å². The van der Waals surface area contributed by atoms with Gasteiger partial charge in [-0.1, -0.05) is 29.8 Å². The molecule has 2 aromatic heterocycles. The molecule has 1 aliphatic rings. The SMILES string of the molecule is Cc1ccc(CNC(=O)NCCN(C)C[C@H]2OC(n3cnc4c(N)ncnc43)[C@H](O)[C@@H]2O)cc1. The molecule has 12 nitrogen and oxygen atoms in total. The third-order valence-corrected chi connectivity index (χ3v) is 5.84. The van der Waals surface area contributed by atoms with Crippen molar-refractivity contribution in [3.05, 3.63) is 48.0 Å². The third-order valence-electron chi connectivity index (χ3n) is 5.84. The fraction of sp³-hybridized carbons (Fsp3) is 0.455. The monoisotopic (exact) mass is 470 g/mol. The van der Waals surface area contributed by atoms with Crippen molar-refractivity contribution in [3.63, 3.8) is 0 Å². The number of aromatic nitrogens is 4. The minimum absolute atomic E-state index is 0.225. The quantitative estimate of drug-likeness (QED) is 0.299. The maximum absolute atomic E-state index is 12.0. The number of rotatable bonds is 8. The first-order chi connectivity index (χ1) is 16.3. The molecule has 1 aromatic carbocycles. The Hall–Kier alpha value is -3.32. The number of aryl methyl sites for hydroxylation is 1. The van der Waals surface area contributed by atoms with Crippen molar-refractivity contribution in [1.29, 1.82) is 0 Å². The van der Waals surface area contributed by atoms with Crippen LogP contribution in [0.15, 0.2) is 36.9 Å². The molecule has 6 N–H and O–H groups in total. The molecule has 3 heterocycles. The van der Waals surface area contributed by atoms with Gasteiger partial charge in [-0.15, -0.1) is 0 Å². The highest BCUT2D eigenvalue weighted by Crippen LogP contribution is 2.32. The molecule has 4 atom stereocenters. The van der Waals surface area contributed by atoms with Crippen molar-refractivity contribution in [1.82, 2.24) is 35.1 Å². The fourth-order valence-corrected chi connectivity index (χ4v) is 3.88. The number of nitrogens with two attached hydrogens (primary N) is 1. The molecule has 1 unspecified atom stereocenters. The molecular formula is C22H30N8O4. The maximum atomic E-state index is 12.0. The normalized spacial score (nSPS) is 22.4. The Morgan fingerprint density at radius 1 is 1.18 bits per heavy atom. The summed E-state index contributed by atoms with van der Waals surface area (Å²) in [5.41, 5.74) is 8.84. The standard InChI is InChI=1S/C22H30N8O4/c1-13-3-5-14(6-4-13)9-25-22(33)24-7-8-29(2)10-15-17(31)18(32)21(34-15)30-12-28-16-19(23)26-11-27-20(16)30/h3-6,11-12,15,17-18,21,31-32H,7-10H2,1-2H3,(H2,23,26,27)(H2,24,25,33)/t15-,17-,18-,21?/m1/s1. The van der Waals surface area contributed by atoms with E-state index in [1.807, 2.05) is 43.1 Å². The fourth-order valence-electron chi connectivity index (χ4n) is 3.88. The molecule has 34 heavy (non-hydrogen) atoms. The smallest absolute Gasteiger partial charge is 0.315 e. The van der Waals surface area contributed by atoms with Gasteiger partial charge in [0.2, 0.25) is 0 Å². The number of hydrogen-bond acceptors (Lipinski definition) is 9. The molecule has 3 aromatic rings. The van der Waals surface area contributed by atoms with Crippen molar-refractivity contribution in [2.75, 3.05) is 32.4 Å². The maximum Gasteiger partial charge on any atom is 0.315 e. The number of carbonyl (C=O) groups is 1. The van der Waals surface area contributed by atoms with Crippen molar-refractivity contribution < 1.29 is 19.7 Å². The summed E-state index contributed by atoms with van der Waals surface area (Å²) < 4.78 is 7.50. The number of ether oxygens (including phenoxy) is 1. The van der Waals surface area contributed by atoms with Crippen LogP contribution < -0.4 is 16.4 Å². The predicted octanol–water partition coefficient (Wildman–Crippen LogP) is -0.233. The molecule has 1 saturated heterocycles. The zero-order valence-electron chi connectivity index (χ0n) is 19.1. The number of aliphatic hydroxyl groups is 2. The minimum Gasteiger partial charge on any atom is -0.387 e. The summed E-state index contributed by atoms with van der Waals surface area (Å²) in [6.07, 6.45) is -1.01. The second-order valence-electron chi connectivity index (χ2n) is 8.49. The van der Waals surface area contributed by atoms with E-state index >= 15 is 0 Å². The molecule has 182 valence electrons. The van der Waals surface area contributed by atoms with Crippen LogP contribution in [0.1, 0.15) is 17.4 Å². The Bertz CT molecular complexity index is 1120. The van der Waals surface area contributed by atoms with Crippen LogP contribution in [0.4, 0.5) is 10.6 Å². The summed E-state index contributed by atoms with van der Waals surface area (Å²) in [5.74, 6) is 0.225. The van der Waals surface area contributed by atoms with Crippen molar-refractivity contribution in [2.45, 2.75) is 38.0 Å². The number of benzene rings is 1. The number of amides is 2. The highest BCUT2D eigenvalue weighted by atomic mass is 16.6. The number of nitrogens with zero attached hydrogens (tertiary/aromatic N) is 5. The van der Waals surface area contributed by atoms with E-state index in [0.29, 0.717) is 37.3 Å². The van der Waals surface area contributed by atoms with Gasteiger partial charge in [-0.2, -0.15) is 0 Å². The number of anilines is 1. The zero-order valence-corrected chi connectivity index (χ0v) is 19.1. The number of aliphatic hydroxyl groups excluding tert-OH is 2. The molecule has 12 heteroatoms. The average molecular weight is 471 g/mol. The molecule has 2 amide bonds. The van der Waals surface area contributed by atoms with Gasteiger partial charge in [0.15, 0.2) is 17.7 Å². The van der Waals surface area contributed by atoms with Crippen molar-refractivity contribution >= 4 is 23.0 Å². The number of nitrogens with one attached hydrogen (secondary N) is 2. The number of urea groups is 1. The van der Waals surface area contributed by atoms with E-state index in [0.717, 1.165) is 5.56 Å². The van der Waals surface area contributed by atoms with E-state index in [2.05, 4.69) is 25.6 Å². The lowest BCUT2D eigenvalue weighted by atomic mass is 10.1. The molecule has 0 radical (unpaired) electrons. The molecular weight excluding hydrogens is 440 g/mol. The number of likely N-dealkylation sites (N-methyl/N-ethyl adjacent to an activating group) is 1. The van der Waals surface area contributed by atoms with Gasteiger partial charge < -0.3 is 36.2 Å². The number of carbonyl (C=O) groups excluding carboxylic acids is 1. The van der Waals surface area contributed by atoms with Gasteiger partial charge in [-0.3, -0.25) is 4.57 Å². The second kappa shape index (κ2) is 10.3. The number of hydrogen-bond donors (Lipinski definition) is 5. The van der Waals surface area contributed by atoms with Gasteiger partial charge in [0.05, 0.1) is 6.33 Å². The molecule has 1 aliphatic heterocycles. The highest BCUT2D eigenvalue weighted by molar-refractivity contribution is 5.81. The van der Waals surface area contributed by atoms with E-state index in [1.54, 1.807) is 4.57 Å². The molecule has 0 spiro atoms. The predicted molar refractivity (Wildman–Crippen MR) is 125 cm³/mol. The lowest BCUT2D eigenvalue weighted by Crippen LogP contribution is -2.43. The first-order valence-corrected chi connectivity index (χ1v) is 11.0. The van der Waals surface area contributed by atoms with Crippen LogP contribution in [0.25, 0.3) is 11.2 Å². The lowest BCUT2D eigenvalue weighted by Gasteiger charge is -2.23. The largest absolute Gasteiger partial charge is 0.387 e. The highest BCUT2D eigenvalue weighted by Gasteiger charge is 2.44. The minimum atomic E-state index is -1.17. The van der Waals surface area contributed by atoms with Gasteiger partial charge >= 0.3 is 6.03 Å². The van der Waals surface area contributed by atoms with E-state index in [9.17, 15) is 15.0 Å². The van der Waals surface area contributed by atoms with E-state index in [1.165, 1.54) is 18.2 Å². The summed E-state index contributed by atoms with van der Waals surface area (Å²) in [4.78, 5) is 26.2. The van der Waals surface area contributed by atoms with Crippen LogP contribution in [0.3, 0.4) is 0 Å². The summed E-state index contributed by atoms with van der Waals surface area (Å²) in [5, 5.41) is 26.8. The van der Waals surface area contributed by atoms with Gasteiger partial charge in [0.25, 0.3) is 0 Å². The Morgan fingerprint density at radius 3 is 2.71 bits per heavy atom. The van der Waals surface area contributed by atoms with Crippen LogP contribution in [0.5, 0.6) is 0 Å². The van der Waals surface area contributed by atoms with Crippen LogP contribution in [0.2, 0.25) is 0 Å². The molecule has 0 aliphatic carbocycles. The number of nitrogen functional groups attached to an aromatic ring is 1. The Kier molecular flexibility index (Phi) is 7.22. The Labute approximate surface area is 196 Å². The van der Waals surface area contributed by atoms with Crippen molar-refractivity contribution in [3.8, 4) is 0 Å². The lowest BCUT2D eigenvalue weighted by molar-refractivity contribution is -0.0420. The first kappa shape index (κ1) is 23.8.